The third kappa shape index (κ3) is 5.27. The number of hydrogen-bond acceptors (Lipinski definition) is 1. The van der Waals surface area contributed by atoms with Crippen LogP contribution >= 0.6 is 0 Å². The largest absolute Gasteiger partial charge is 0.390 e. The van der Waals surface area contributed by atoms with Gasteiger partial charge in [-0.1, -0.05) is 12.2 Å². The molecule has 1 rings (SSSR count). The molecular weight excluding hydrogens is 191 g/mol. The number of halogens is 3. The highest BCUT2D eigenvalue weighted by Gasteiger charge is 2.26. The first-order chi connectivity index (χ1) is 6.58. The van der Waals surface area contributed by atoms with E-state index in [1.807, 2.05) is 0 Å². The molecule has 0 saturated carbocycles. The molecule has 0 aromatic carbocycles. The Morgan fingerprint density at radius 3 is 2.64 bits per heavy atom. The van der Waals surface area contributed by atoms with Gasteiger partial charge < -0.3 is 5.32 Å². The van der Waals surface area contributed by atoms with Gasteiger partial charge in [-0.3, -0.25) is 0 Å². The minimum atomic E-state index is -4.03. The molecule has 1 N–H and O–H groups in total. The van der Waals surface area contributed by atoms with E-state index in [0.29, 0.717) is 12.5 Å². The van der Waals surface area contributed by atoms with Crippen molar-refractivity contribution in [1.82, 2.24) is 5.32 Å². The van der Waals surface area contributed by atoms with Crippen molar-refractivity contribution in [2.24, 2.45) is 5.92 Å². The van der Waals surface area contributed by atoms with Crippen LogP contribution in [0.25, 0.3) is 0 Å². The van der Waals surface area contributed by atoms with Gasteiger partial charge in [-0.05, 0) is 31.7 Å². The molecule has 1 aliphatic rings. The number of hydrogen-bond donors (Lipinski definition) is 1. The van der Waals surface area contributed by atoms with Crippen LogP contribution < -0.4 is 5.32 Å². The lowest BCUT2D eigenvalue weighted by Gasteiger charge is -2.18. The van der Waals surface area contributed by atoms with Crippen LogP contribution in [0.2, 0.25) is 0 Å². The summed E-state index contributed by atoms with van der Waals surface area (Å²) in [6.45, 7) is 0.754. The summed E-state index contributed by atoms with van der Waals surface area (Å²) in [6.07, 6.45) is 2.64. The Morgan fingerprint density at radius 1 is 1.29 bits per heavy atom. The Hall–Kier alpha value is -0.510. The normalized spacial score (nSPS) is 22.6. The van der Waals surface area contributed by atoms with Crippen LogP contribution in [0.1, 0.15) is 25.7 Å². The van der Waals surface area contributed by atoms with Crippen molar-refractivity contribution in [3.05, 3.63) is 12.2 Å². The summed E-state index contributed by atoms with van der Waals surface area (Å²) in [7, 11) is 0. The van der Waals surface area contributed by atoms with E-state index in [-0.39, 0.29) is 6.54 Å². The van der Waals surface area contributed by atoms with Crippen LogP contribution in [0.3, 0.4) is 0 Å². The summed E-state index contributed by atoms with van der Waals surface area (Å²) >= 11 is 0. The van der Waals surface area contributed by atoms with Crippen LogP contribution in [0.15, 0.2) is 12.2 Å². The minimum absolute atomic E-state index is 0.0454. The summed E-state index contributed by atoms with van der Waals surface area (Å²) in [5.41, 5.74) is 0. The number of rotatable bonds is 4. The zero-order chi connectivity index (χ0) is 10.4. The number of nitrogens with one attached hydrogen (secondary N) is 1. The van der Waals surface area contributed by atoms with Gasteiger partial charge in [-0.25, -0.2) is 0 Å². The molecule has 1 nitrogen and oxygen atoms in total. The fourth-order valence-electron chi connectivity index (χ4n) is 1.58. The molecule has 4 heteroatoms. The van der Waals surface area contributed by atoms with Crippen LogP contribution in [0, 0.1) is 5.92 Å². The molecule has 14 heavy (non-hydrogen) atoms. The molecule has 1 unspecified atom stereocenters. The van der Waals surface area contributed by atoms with Crippen molar-refractivity contribution in [2.75, 3.05) is 13.1 Å². The van der Waals surface area contributed by atoms with E-state index >= 15 is 0 Å². The van der Waals surface area contributed by atoms with E-state index in [9.17, 15) is 13.2 Å². The molecule has 82 valence electrons. The topological polar surface area (TPSA) is 12.0 Å². The first-order valence-electron chi connectivity index (χ1n) is 5.00. The SMILES string of the molecule is FC(F)(F)CCNCC1CC=CCC1. The molecule has 0 radical (unpaired) electrons. The number of allylic oxidation sites excluding steroid dienone is 2. The van der Waals surface area contributed by atoms with Crippen LogP contribution in [-0.4, -0.2) is 19.3 Å². The third-order valence-electron chi connectivity index (χ3n) is 2.40. The Morgan fingerprint density at radius 2 is 2.07 bits per heavy atom. The minimum Gasteiger partial charge on any atom is -0.316 e. The predicted molar refractivity (Wildman–Crippen MR) is 50.0 cm³/mol. The van der Waals surface area contributed by atoms with E-state index in [1.54, 1.807) is 0 Å². The van der Waals surface area contributed by atoms with E-state index < -0.39 is 12.6 Å². The van der Waals surface area contributed by atoms with Gasteiger partial charge in [0.1, 0.15) is 0 Å². The Kier molecular flexibility index (Phi) is 4.45. The van der Waals surface area contributed by atoms with Crippen molar-refractivity contribution >= 4 is 0 Å². The van der Waals surface area contributed by atoms with Crippen molar-refractivity contribution in [3.63, 3.8) is 0 Å². The average Bonchev–Trinajstić information content (AvgIpc) is 2.13. The highest BCUT2D eigenvalue weighted by atomic mass is 19.4. The summed E-state index contributed by atoms with van der Waals surface area (Å²) in [6, 6.07) is 0. The van der Waals surface area contributed by atoms with Crippen LogP contribution in [0.5, 0.6) is 0 Å². The second-order valence-corrected chi connectivity index (χ2v) is 3.72. The second kappa shape index (κ2) is 5.39. The zero-order valence-corrected chi connectivity index (χ0v) is 8.11. The van der Waals surface area contributed by atoms with Gasteiger partial charge in [0.05, 0.1) is 6.42 Å². The molecule has 0 spiro atoms. The van der Waals surface area contributed by atoms with Crippen molar-refractivity contribution in [2.45, 2.75) is 31.9 Å². The highest BCUT2D eigenvalue weighted by molar-refractivity contribution is 4.90. The lowest BCUT2D eigenvalue weighted by Crippen LogP contribution is -2.27. The maximum Gasteiger partial charge on any atom is 0.390 e. The average molecular weight is 207 g/mol. The van der Waals surface area contributed by atoms with Crippen molar-refractivity contribution < 1.29 is 13.2 Å². The van der Waals surface area contributed by atoms with Gasteiger partial charge in [0.15, 0.2) is 0 Å². The van der Waals surface area contributed by atoms with Crippen LogP contribution in [-0.2, 0) is 0 Å². The Balaban J connectivity index is 2.01. The Bertz CT molecular complexity index is 186. The smallest absolute Gasteiger partial charge is 0.316 e. The van der Waals surface area contributed by atoms with Gasteiger partial charge >= 0.3 is 6.18 Å². The summed E-state index contributed by atoms with van der Waals surface area (Å²) in [4.78, 5) is 0. The van der Waals surface area contributed by atoms with E-state index in [4.69, 9.17) is 0 Å². The van der Waals surface area contributed by atoms with E-state index in [0.717, 1.165) is 19.3 Å². The van der Waals surface area contributed by atoms with Gasteiger partial charge in [0.2, 0.25) is 0 Å². The standard InChI is InChI=1S/C10H16F3N/c11-10(12,13)6-7-14-8-9-4-2-1-3-5-9/h1-2,9,14H,3-8H2. The highest BCUT2D eigenvalue weighted by Crippen LogP contribution is 2.19. The van der Waals surface area contributed by atoms with E-state index in [1.165, 1.54) is 0 Å². The Labute approximate surface area is 82.4 Å². The van der Waals surface area contributed by atoms with Gasteiger partial charge in [0, 0.05) is 6.54 Å². The molecule has 0 amide bonds. The van der Waals surface area contributed by atoms with Crippen LogP contribution in [0.4, 0.5) is 13.2 Å². The van der Waals surface area contributed by atoms with Gasteiger partial charge in [-0.2, -0.15) is 13.2 Å². The molecule has 0 aromatic rings. The summed E-state index contributed by atoms with van der Waals surface area (Å²) in [5, 5.41) is 2.86. The second-order valence-electron chi connectivity index (χ2n) is 3.72. The molecule has 1 atom stereocenters. The third-order valence-corrected chi connectivity index (χ3v) is 2.40. The molecule has 0 aromatic heterocycles. The first kappa shape index (κ1) is 11.6. The molecule has 0 heterocycles. The monoisotopic (exact) mass is 207 g/mol. The maximum absolute atomic E-state index is 11.8. The fraction of sp³-hybridized carbons (Fsp3) is 0.800. The zero-order valence-electron chi connectivity index (χ0n) is 8.11. The quantitative estimate of drug-likeness (QED) is 0.552. The van der Waals surface area contributed by atoms with E-state index in [2.05, 4.69) is 17.5 Å². The molecule has 0 bridgehead atoms. The molecular formula is C10H16F3N. The molecule has 0 aliphatic heterocycles. The lowest BCUT2D eigenvalue weighted by molar-refractivity contribution is -0.133. The molecule has 1 aliphatic carbocycles. The maximum atomic E-state index is 11.8. The molecule has 0 saturated heterocycles. The number of alkyl halides is 3. The first-order valence-corrected chi connectivity index (χ1v) is 5.00. The summed E-state index contributed by atoms with van der Waals surface area (Å²) in [5.74, 6) is 0.522. The fourth-order valence-corrected chi connectivity index (χ4v) is 1.58. The van der Waals surface area contributed by atoms with Crippen molar-refractivity contribution in [1.29, 1.82) is 0 Å². The van der Waals surface area contributed by atoms with Crippen molar-refractivity contribution in [3.8, 4) is 0 Å². The summed E-state index contributed by atoms with van der Waals surface area (Å²) < 4.78 is 35.3. The molecule has 0 fully saturated rings. The van der Waals surface area contributed by atoms with Gasteiger partial charge in [0.25, 0.3) is 0 Å². The predicted octanol–water partition coefficient (Wildman–Crippen LogP) is 2.88. The van der Waals surface area contributed by atoms with Gasteiger partial charge in [-0.15, -0.1) is 0 Å². The lowest BCUT2D eigenvalue weighted by atomic mass is 9.94.